The lowest BCUT2D eigenvalue weighted by Crippen LogP contribution is -2.43. The van der Waals surface area contributed by atoms with E-state index < -0.39 is 41.7 Å². The lowest BCUT2D eigenvalue weighted by atomic mass is 10.0. The summed E-state index contributed by atoms with van der Waals surface area (Å²) in [5.74, 6) is -3.41. The van der Waals surface area contributed by atoms with Gasteiger partial charge in [0, 0.05) is 16.9 Å². The first-order chi connectivity index (χ1) is 13.4. The van der Waals surface area contributed by atoms with E-state index in [2.05, 4.69) is 26.2 Å². The molecule has 1 aromatic carbocycles. The molecule has 1 amide bonds. The second kappa shape index (κ2) is 10.8. The van der Waals surface area contributed by atoms with Crippen LogP contribution in [0.2, 0.25) is 0 Å². The van der Waals surface area contributed by atoms with Crippen molar-refractivity contribution in [1.29, 1.82) is 0 Å². The van der Waals surface area contributed by atoms with Gasteiger partial charge in [-0.05, 0) is 59.9 Å². The number of ketones is 1. The molecule has 0 spiro atoms. The Labute approximate surface area is 169 Å². The van der Waals surface area contributed by atoms with E-state index >= 15 is 0 Å². The van der Waals surface area contributed by atoms with Crippen LogP contribution in [0.4, 0.5) is 8.78 Å². The number of halogens is 3. The number of nitrogens with two attached hydrogens (primary N) is 1. The molecule has 2 rings (SSSR count). The van der Waals surface area contributed by atoms with Crippen molar-refractivity contribution >= 4 is 27.6 Å². The molecule has 2 aromatic rings. The number of rotatable bonds is 10. The highest BCUT2D eigenvalue weighted by Crippen LogP contribution is 2.21. The van der Waals surface area contributed by atoms with Crippen LogP contribution < -0.4 is 15.8 Å². The Hall–Kier alpha value is -2.39. The van der Waals surface area contributed by atoms with Crippen LogP contribution in [0.15, 0.2) is 41.1 Å². The molecule has 1 heterocycles. The smallest absolute Gasteiger partial charge is 0.253 e. The number of unbranched alkanes of at least 4 members (excludes halogenated alkanes) is 1. The molecule has 0 fully saturated rings. The van der Waals surface area contributed by atoms with Gasteiger partial charge < -0.3 is 15.8 Å². The average Bonchev–Trinajstić information content (AvgIpc) is 2.67. The molecule has 1 aromatic heterocycles. The Morgan fingerprint density at radius 2 is 1.93 bits per heavy atom. The zero-order chi connectivity index (χ0) is 20.5. The summed E-state index contributed by atoms with van der Waals surface area (Å²) >= 11 is 3.23. The molecule has 0 saturated carbocycles. The zero-order valence-corrected chi connectivity index (χ0v) is 16.5. The first-order valence-corrected chi connectivity index (χ1v) is 9.43. The maximum atomic E-state index is 13.7. The van der Waals surface area contributed by atoms with Gasteiger partial charge in [-0.25, -0.2) is 8.78 Å². The number of aromatic nitrogens is 1. The molecule has 0 saturated heterocycles. The summed E-state index contributed by atoms with van der Waals surface area (Å²) in [4.78, 5) is 28.9. The third kappa shape index (κ3) is 6.07. The highest BCUT2D eigenvalue weighted by atomic mass is 79.9. The molecular formula is C19H20BrF2N3O3. The molecular weight excluding hydrogens is 436 g/mol. The van der Waals surface area contributed by atoms with E-state index in [1.165, 1.54) is 24.5 Å². The molecule has 6 nitrogen and oxygen atoms in total. The maximum absolute atomic E-state index is 13.7. The summed E-state index contributed by atoms with van der Waals surface area (Å²) in [6.07, 6.45) is 4.51. The second-order valence-corrected chi connectivity index (χ2v) is 6.83. The number of carbonyl (C=O) groups is 2. The quantitative estimate of drug-likeness (QED) is 0.537. The van der Waals surface area contributed by atoms with Crippen LogP contribution in [0.5, 0.6) is 5.75 Å². The monoisotopic (exact) mass is 455 g/mol. The zero-order valence-electron chi connectivity index (χ0n) is 15.0. The van der Waals surface area contributed by atoms with Crippen molar-refractivity contribution in [3.63, 3.8) is 0 Å². The van der Waals surface area contributed by atoms with Crippen LogP contribution in [0.1, 0.15) is 29.6 Å². The van der Waals surface area contributed by atoms with Gasteiger partial charge >= 0.3 is 0 Å². The highest BCUT2D eigenvalue weighted by molar-refractivity contribution is 9.10. The van der Waals surface area contributed by atoms with Gasteiger partial charge in [0.25, 0.3) is 5.91 Å². The van der Waals surface area contributed by atoms with Gasteiger partial charge in [0.1, 0.15) is 6.61 Å². The Morgan fingerprint density at radius 1 is 1.21 bits per heavy atom. The molecule has 0 aliphatic rings. The van der Waals surface area contributed by atoms with Gasteiger partial charge in [-0.15, -0.1) is 0 Å². The number of pyridine rings is 1. The normalized spacial score (nSPS) is 11.7. The minimum Gasteiger partial charge on any atom is -0.480 e. The molecule has 1 unspecified atom stereocenters. The first kappa shape index (κ1) is 21.9. The van der Waals surface area contributed by atoms with Crippen LogP contribution in [0.25, 0.3) is 0 Å². The fourth-order valence-corrected chi connectivity index (χ4v) is 2.90. The van der Waals surface area contributed by atoms with Crippen molar-refractivity contribution in [3.8, 4) is 5.75 Å². The Kier molecular flexibility index (Phi) is 8.46. The Balaban J connectivity index is 2.07. The van der Waals surface area contributed by atoms with Crippen molar-refractivity contribution in [2.45, 2.75) is 25.3 Å². The number of nitrogens with one attached hydrogen (secondary N) is 1. The van der Waals surface area contributed by atoms with Crippen LogP contribution in [-0.2, 0) is 4.79 Å². The molecule has 28 heavy (non-hydrogen) atoms. The average molecular weight is 456 g/mol. The fraction of sp³-hybridized carbons (Fsp3) is 0.316. The van der Waals surface area contributed by atoms with Gasteiger partial charge in [0.2, 0.25) is 0 Å². The third-order valence-electron chi connectivity index (χ3n) is 3.94. The number of benzene rings is 1. The summed E-state index contributed by atoms with van der Waals surface area (Å²) in [5, 5.41) is 2.64. The number of ether oxygens (including phenoxy) is 1. The van der Waals surface area contributed by atoms with Crippen molar-refractivity contribution in [3.05, 3.63) is 58.3 Å². The summed E-state index contributed by atoms with van der Waals surface area (Å²) < 4.78 is 32.8. The SMILES string of the molecule is NCCCCC(NC(=O)c1ccncc1Br)C(=O)COc1c(F)cccc1F. The predicted molar refractivity (Wildman–Crippen MR) is 103 cm³/mol. The summed E-state index contributed by atoms with van der Waals surface area (Å²) in [6.45, 7) is -0.134. The topological polar surface area (TPSA) is 94.3 Å². The second-order valence-electron chi connectivity index (χ2n) is 5.97. The number of para-hydroxylation sites is 1. The summed E-state index contributed by atoms with van der Waals surface area (Å²) in [5.41, 5.74) is 5.79. The van der Waals surface area contributed by atoms with Crippen LogP contribution >= 0.6 is 15.9 Å². The number of hydrogen-bond acceptors (Lipinski definition) is 5. The standard InChI is InChI=1S/C19H20BrF2N3O3/c20-13-10-24-9-7-12(13)19(27)25-16(6-1-2-8-23)17(26)11-28-18-14(21)4-3-5-15(18)22/h3-5,7,9-10,16H,1-2,6,8,11,23H2,(H,25,27). The molecule has 150 valence electrons. The summed E-state index contributed by atoms with van der Waals surface area (Å²) in [6, 6.07) is 3.89. The van der Waals surface area contributed by atoms with Crippen LogP contribution in [0.3, 0.4) is 0 Å². The van der Waals surface area contributed by atoms with Gasteiger partial charge in [0.15, 0.2) is 23.2 Å². The van der Waals surface area contributed by atoms with E-state index in [-0.39, 0.29) is 0 Å². The lowest BCUT2D eigenvalue weighted by Gasteiger charge is -2.18. The van der Waals surface area contributed by atoms with Gasteiger partial charge in [-0.1, -0.05) is 6.07 Å². The van der Waals surface area contributed by atoms with E-state index in [1.807, 2.05) is 0 Å². The lowest BCUT2D eigenvalue weighted by molar-refractivity contribution is -0.123. The maximum Gasteiger partial charge on any atom is 0.253 e. The molecule has 3 N–H and O–H groups in total. The van der Waals surface area contributed by atoms with Gasteiger partial charge in [0.05, 0.1) is 11.6 Å². The molecule has 0 aliphatic heterocycles. The van der Waals surface area contributed by atoms with E-state index in [1.54, 1.807) is 0 Å². The summed E-state index contributed by atoms with van der Waals surface area (Å²) in [7, 11) is 0. The minimum absolute atomic E-state index is 0.313. The molecule has 0 radical (unpaired) electrons. The minimum atomic E-state index is -0.905. The van der Waals surface area contributed by atoms with E-state index in [0.29, 0.717) is 35.8 Å². The number of hydrogen-bond donors (Lipinski definition) is 2. The number of nitrogens with zero attached hydrogens (tertiary/aromatic N) is 1. The van der Waals surface area contributed by atoms with Crippen LogP contribution in [-0.4, -0.2) is 35.9 Å². The Bertz CT molecular complexity index is 816. The van der Waals surface area contributed by atoms with Crippen molar-refractivity contribution in [2.24, 2.45) is 5.73 Å². The number of carbonyl (C=O) groups excluding carboxylic acids is 2. The Morgan fingerprint density at radius 3 is 2.57 bits per heavy atom. The predicted octanol–water partition coefficient (Wildman–Crippen LogP) is 3.00. The van der Waals surface area contributed by atoms with E-state index in [0.717, 1.165) is 12.1 Å². The highest BCUT2D eigenvalue weighted by Gasteiger charge is 2.23. The van der Waals surface area contributed by atoms with E-state index in [4.69, 9.17) is 10.5 Å². The molecule has 1 atom stereocenters. The van der Waals surface area contributed by atoms with Gasteiger partial charge in [-0.2, -0.15) is 0 Å². The van der Waals surface area contributed by atoms with Crippen LogP contribution in [0, 0.1) is 11.6 Å². The molecule has 0 aliphatic carbocycles. The van der Waals surface area contributed by atoms with Crippen molar-refractivity contribution < 1.29 is 23.1 Å². The largest absolute Gasteiger partial charge is 0.480 e. The van der Waals surface area contributed by atoms with Crippen molar-refractivity contribution in [2.75, 3.05) is 13.2 Å². The van der Waals surface area contributed by atoms with Crippen molar-refractivity contribution in [1.82, 2.24) is 10.3 Å². The molecule has 0 bridgehead atoms. The fourth-order valence-electron chi connectivity index (χ4n) is 2.47. The third-order valence-corrected chi connectivity index (χ3v) is 4.57. The molecule has 9 heteroatoms. The van der Waals surface area contributed by atoms with Gasteiger partial charge in [-0.3, -0.25) is 14.6 Å². The van der Waals surface area contributed by atoms with E-state index in [9.17, 15) is 18.4 Å². The number of Topliss-reactive ketones (excluding diaryl/α,β-unsaturated/α-hetero) is 1. The first-order valence-electron chi connectivity index (χ1n) is 8.64. The number of amides is 1.